The fourth-order valence-electron chi connectivity index (χ4n) is 2.81. The second-order valence-corrected chi connectivity index (χ2v) is 7.83. The van der Waals surface area contributed by atoms with Crippen LogP contribution >= 0.6 is 11.6 Å². The van der Waals surface area contributed by atoms with Crippen LogP contribution < -0.4 is 10.1 Å². The van der Waals surface area contributed by atoms with Crippen LogP contribution in [0.2, 0.25) is 5.02 Å². The van der Waals surface area contributed by atoms with E-state index in [4.69, 9.17) is 16.3 Å². The van der Waals surface area contributed by atoms with Gasteiger partial charge in [0.15, 0.2) is 12.4 Å². The van der Waals surface area contributed by atoms with Gasteiger partial charge in [-0.05, 0) is 60.2 Å². The van der Waals surface area contributed by atoms with Crippen molar-refractivity contribution in [2.75, 3.05) is 26.0 Å². The summed E-state index contributed by atoms with van der Waals surface area (Å²) >= 11 is 5.86. The topological polar surface area (TPSA) is 75.7 Å². The molecule has 0 aromatic heterocycles. The van der Waals surface area contributed by atoms with Crippen molar-refractivity contribution in [3.05, 3.63) is 101 Å². The Morgan fingerprint density at radius 1 is 0.939 bits per heavy atom. The van der Waals surface area contributed by atoms with Gasteiger partial charge >= 0.3 is 0 Å². The number of carbonyl (C=O) groups is 3. The first-order valence-corrected chi connectivity index (χ1v) is 10.5. The number of benzene rings is 3. The van der Waals surface area contributed by atoms with E-state index in [-0.39, 0.29) is 24.2 Å². The van der Waals surface area contributed by atoms with Gasteiger partial charge in [0.1, 0.15) is 5.75 Å². The van der Waals surface area contributed by atoms with E-state index in [0.717, 1.165) is 5.56 Å². The van der Waals surface area contributed by atoms with E-state index >= 15 is 0 Å². The average molecular weight is 463 g/mol. The molecule has 0 radical (unpaired) electrons. The third kappa shape index (κ3) is 7.05. The van der Waals surface area contributed by atoms with Crippen LogP contribution in [0.1, 0.15) is 26.3 Å². The maximum Gasteiger partial charge on any atom is 0.259 e. The van der Waals surface area contributed by atoms with E-state index in [0.29, 0.717) is 27.6 Å². The SMILES string of the molecule is CN(C)C(=O)COc1cccc(C(=O)/C=C/c2cccc(NC(=O)c3ccc(Cl)cc3)c2)c1. The third-order valence-corrected chi connectivity index (χ3v) is 4.91. The molecular formula is C26H23ClN2O4. The second kappa shape index (κ2) is 11.1. The Bertz CT molecular complexity index is 1190. The molecule has 0 bridgehead atoms. The van der Waals surface area contributed by atoms with Gasteiger partial charge in [0, 0.05) is 35.9 Å². The highest BCUT2D eigenvalue weighted by atomic mass is 35.5. The summed E-state index contributed by atoms with van der Waals surface area (Å²) in [6.07, 6.45) is 3.12. The van der Waals surface area contributed by atoms with E-state index in [1.165, 1.54) is 11.0 Å². The lowest BCUT2D eigenvalue weighted by atomic mass is 10.1. The van der Waals surface area contributed by atoms with Crippen molar-refractivity contribution >= 4 is 41.0 Å². The number of carbonyl (C=O) groups excluding carboxylic acids is 3. The number of halogens is 1. The number of nitrogens with zero attached hydrogens (tertiary/aromatic N) is 1. The molecule has 0 fully saturated rings. The minimum absolute atomic E-state index is 0.102. The number of ketones is 1. The molecule has 0 saturated heterocycles. The molecule has 0 aliphatic rings. The Balaban J connectivity index is 1.64. The van der Waals surface area contributed by atoms with Crippen LogP contribution in [0.5, 0.6) is 5.75 Å². The van der Waals surface area contributed by atoms with Crippen molar-refractivity contribution in [1.82, 2.24) is 4.90 Å². The van der Waals surface area contributed by atoms with Crippen molar-refractivity contribution in [2.45, 2.75) is 0 Å². The third-order valence-electron chi connectivity index (χ3n) is 4.66. The molecular weight excluding hydrogens is 440 g/mol. The van der Waals surface area contributed by atoms with Crippen LogP contribution in [0.25, 0.3) is 6.08 Å². The van der Waals surface area contributed by atoms with Gasteiger partial charge in [0.2, 0.25) is 0 Å². The van der Waals surface area contributed by atoms with Gasteiger partial charge in [-0.25, -0.2) is 0 Å². The molecule has 0 aliphatic heterocycles. The number of ether oxygens (including phenoxy) is 1. The van der Waals surface area contributed by atoms with Gasteiger partial charge in [-0.15, -0.1) is 0 Å². The molecule has 3 aromatic rings. The number of nitrogens with one attached hydrogen (secondary N) is 1. The largest absolute Gasteiger partial charge is 0.484 e. The van der Waals surface area contributed by atoms with Crippen LogP contribution in [0, 0.1) is 0 Å². The van der Waals surface area contributed by atoms with E-state index in [1.807, 2.05) is 6.07 Å². The van der Waals surface area contributed by atoms with Gasteiger partial charge in [-0.1, -0.05) is 41.9 Å². The smallest absolute Gasteiger partial charge is 0.259 e. The summed E-state index contributed by atoms with van der Waals surface area (Å²) in [6.45, 7) is -0.102. The normalized spacial score (nSPS) is 10.6. The zero-order valence-electron chi connectivity index (χ0n) is 18.2. The minimum atomic E-state index is -0.256. The van der Waals surface area contributed by atoms with Gasteiger partial charge in [0.05, 0.1) is 0 Å². The van der Waals surface area contributed by atoms with Gasteiger partial charge in [-0.2, -0.15) is 0 Å². The van der Waals surface area contributed by atoms with Crippen LogP contribution in [-0.4, -0.2) is 43.2 Å². The molecule has 0 atom stereocenters. The second-order valence-electron chi connectivity index (χ2n) is 7.39. The summed E-state index contributed by atoms with van der Waals surface area (Å²) in [5.41, 5.74) is 2.28. The lowest BCUT2D eigenvalue weighted by molar-refractivity contribution is -0.130. The number of rotatable bonds is 8. The molecule has 0 heterocycles. The molecule has 1 N–H and O–H groups in total. The average Bonchev–Trinajstić information content (AvgIpc) is 2.81. The van der Waals surface area contributed by atoms with Crippen LogP contribution in [-0.2, 0) is 4.79 Å². The van der Waals surface area contributed by atoms with Crippen molar-refractivity contribution in [2.24, 2.45) is 0 Å². The number of allylic oxidation sites excluding steroid dienone is 1. The van der Waals surface area contributed by atoms with Crippen molar-refractivity contribution in [3.8, 4) is 5.75 Å². The van der Waals surface area contributed by atoms with E-state index in [2.05, 4.69) is 5.32 Å². The molecule has 0 spiro atoms. The fraction of sp³-hybridized carbons (Fsp3) is 0.115. The molecule has 3 rings (SSSR count). The first-order chi connectivity index (χ1) is 15.8. The lowest BCUT2D eigenvalue weighted by Crippen LogP contribution is -2.27. The standard InChI is InChI=1S/C26H23ClN2O4/c1-29(2)25(31)17-33-23-8-4-6-20(16-23)24(30)14-9-18-5-3-7-22(15-18)28-26(32)19-10-12-21(27)13-11-19/h3-16H,17H2,1-2H3,(H,28,32)/b14-9+. The maximum atomic E-state index is 12.6. The molecule has 0 unspecified atom stereocenters. The summed E-state index contributed by atoms with van der Waals surface area (Å²) in [5.74, 6) is -0.200. The number of anilines is 1. The Morgan fingerprint density at radius 2 is 1.67 bits per heavy atom. The van der Waals surface area contributed by atoms with Gasteiger partial charge in [0.25, 0.3) is 11.8 Å². The summed E-state index contributed by atoms with van der Waals surface area (Å²) in [6, 6.07) is 20.4. The van der Waals surface area contributed by atoms with Crippen LogP contribution in [0.3, 0.4) is 0 Å². The summed E-state index contributed by atoms with van der Waals surface area (Å²) in [7, 11) is 3.29. The van der Waals surface area contributed by atoms with Crippen molar-refractivity contribution in [3.63, 3.8) is 0 Å². The minimum Gasteiger partial charge on any atom is -0.484 e. The Hall–Kier alpha value is -3.90. The molecule has 0 aliphatic carbocycles. The van der Waals surface area contributed by atoms with Gasteiger partial charge < -0.3 is 15.0 Å². The molecule has 168 valence electrons. The van der Waals surface area contributed by atoms with Crippen LogP contribution in [0.15, 0.2) is 78.9 Å². The first kappa shape index (κ1) is 23.8. The predicted molar refractivity (Wildman–Crippen MR) is 130 cm³/mol. The molecule has 7 heteroatoms. The highest BCUT2D eigenvalue weighted by Gasteiger charge is 2.08. The predicted octanol–water partition coefficient (Wildman–Crippen LogP) is 4.96. The van der Waals surface area contributed by atoms with Crippen molar-refractivity contribution < 1.29 is 19.1 Å². The zero-order chi connectivity index (χ0) is 23.8. The molecule has 0 saturated carbocycles. The fourth-order valence-corrected chi connectivity index (χ4v) is 2.93. The quantitative estimate of drug-likeness (QED) is 0.379. The molecule has 6 nitrogen and oxygen atoms in total. The molecule has 3 aromatic carbocycles. The number of amides is 2. The number of likely N-dealkylation sites (N-methyl/N-ethyl adjacent to an activating group) is 1. The monoisotopic (exact) mass is 462 g/mol. The Labute approximate surface area is 197 Å². The van der Waals surface area contributed by atoms with Crippen LogP contribution in [0.4, 0.5) is 5.69 Å². The molecule has 33 heavy (non-hydrogen) atoms. The summed E-state index contributed by atoms with van der Waals surface area (Å²) in [4.78, 5) is 38.1. The zero-order valence-corrected chi connectivity index (χ0v) is 19.0. The highest BCUT2D eigenvalue weighted by molar-refractivity contribution is 6.30. The van der Waals surface area contributed by atoms with Crippen molar-refractivity contribution in [1.29, 1.82) is 0 Å². The highest BCUT2D eigenvalue weighted by Crippen LogP contribution is 2.17. The number of hydrogen-bond donors (Lipinski definition) is 1. The first-order valence-electron chi connectivity index (χ1n) is 10.1. The summed E-state index contributed by atoms with van der Waals surface area (Å²) in [5, 5.41) is 3.39. The summed E-state index contributed by atoms with van der Waals surface area (Å²) < 4.78 is 5.46. The molecule has 2 amide bonds. The maximum absolute atomic E-state index is 12.6. The van der Waals surface area contributed by atoms with E-state index in [1.54, 1.807) is 86.9 Å². The Morgan fingerprint density at radius 3 is 2.39 bits per heavy atom. The van der Waals surface area contributed by atoms with E-state index in [9.17, 15) is 14.4 Å². The Kier molecular flexibility index (Phi) is 8.00. The lowest BCUT2D eigenvalue weighted by Gasteiger charge is -2.11. The van der Waals surface area contributed by atoms with Gasteiger partial charge in [-0.3, -0.25) is 14.4 Å². The number of hydrogen-bond acceptors (Lipinski definition) is 4. The van der Waals surface area contributed by atoms with E-state index < -0.39 is 0 Å².